The van der Waals surface area contributed by atoms with Crippen molar-refractivity contribution in [2.24, 2.45) is 0 Å². The minimum absolute atomic E-state index is 0.0328. The zero-order valence-corrected chi connectivity index (χ0v) is 12.7. The lowest BCUT2D eigenvalue weighted by molar-refractivity contribution is 0.0467. The molecule has 0 amide bonds. The van der Waals surface area contributed by atoms with Crippen molar-refractivity contribution in [3.63, 3.8) is 0 Å². The Balaban J connectivity index is 1.78. The molecule has 23 heavy (non-hydrogen) atoms. The molecule has 0 saturated carbocycles. The number of aromatic nitrogens is 1. The molecular formula is C18H17NO4. The fourth-order valence-electron chi connectivity index (χ4n) is 2.33. The summed E-state index contributed by atoms with van der Waals surface area (Å²) >= 11 is 0. The molecule has 0 atom stereocenters. The van der Waals surface area contributed by atoms with Crippen LogP contribution >= 0.6 is 0 Å². The Hall–Kier alpha value is -2.95. The number of nitrogens with one attached hydrogen (secondary N) is 1. The van der Waals surface area contributed by atoms with Crippen molar-refractivity contribution in [3.8, 4) is 11.5 Å². The average Bonchev–Trinajstić information content (AvgIpc) is 2.97. The first-order valence-electron chi connectivity index (χ1n) is 7.37. The van der Waals surface area contributed by atoms with Gasteiger partial charge in [-0.15, -0.1) is 0 Å². The Morgan fingerprint density at radius 2 is 1.96 bits per heavy atom. The molecule has 5 heteroatoms. The van der Waals surface area contributed by atoms with Crippen molar-refractivity contribution in [1.82, 2.24) is 4.98 Å². The van der Waals surface area contributed by atoms with E-state index < -0.39 is 5.97 Å². The van der Waals surface area contributed by atoms with Crippen molar-refractivity contribution in [2.45, 2.75) is 13.5 Å². The van der Waals surface area contributed by atoms with Crippen molar-refractivity contribution in [2.75, 3.05) is 6.61 Å². The van der Waals surface area contributed by atoms with Gasteiger partial charge in [0.15, 0.2) is 11.5 Å². The lowest BCUT2D eigenvalue weighted by atomic mass is 10.2. The van der Waals surface area contributed by atoms with E-state index >= 15 is 0 Å². The summed E-state index contributed by atoms with van der Waals surface area (Å²) in [7, 11) is 0. The Labute approximate surface area is 133 Å². The molecule has 0 bridgehead atoms. The van der Waals surface area contributed by atoms with Gasteiger partial charge in [-0.1, -0.05) is 30.3 Å². The normalized spacial score (nSPS) is 10.7. The van der Waals surface area contributed by atoms with Gasteiger partial charge in [-0.05, 0) is 24.6 Å². The molecule has 3 aromatic rings. The van der Waals surface area contributed by atoms with Gasteiger partial charge in [0.2, 0.25) is 0 Å². The monoisotopic (exact) mass is 311 g/mol. The summed E-state index contributed by atoms with van der Waals surface area (Å²) in [5.41, 5.74) is 1.91. The maximum Gasteiger partial charge on any atom is 0.355 e. The number of phenols is 1. The summed E-state index contributed by atoms with van der Waals surface area (Å²) in [6, 6.07) is 14.4. The van der Waals surface area contributed by atoms with Crippen molar-refractivity contribution < 1.29 is 19.4 Å². The van der Waals surface area contributed by atoms with Crippen LogP contribution in [0.25, 0.3) is 10.9 Å². The molecule has 2 N–H and O–H groups in total. The molecule has 0 unspecified atom stereocenters. The number of carbonyl (C=O) groups excluding carboxylic acids is 1. The third kappa shape index (κ3) is 3.29. The molecule has 1 heterocycles. The fourth-order valence-corrected chi connectivity index (χ4v) is 2.33. The van der Waals surface area contributed by atoms with Gasteiger partial charge in [-0.2, -0.15) is 0 Å². The van der Waals surface area contributed by atoms with Crippen molar-refractivity contribution >= 4 is 16.9 Å². The van der Waals surface area contributed by atoms with Crippen LogP contribution in [0.3, 0.4) is 0 Å². The highest BCUT2D eigenvalue weighted by Gasteiger charge is 2.13. The number of ether oxygens (including phenoxy) is 2. The SMILES string of the molecule is CCOc1cc2cc(C(=O)OCc3ccccc3)[nH]c2cc1O. The summed E-state index contributed by atoms with van der Waals surface area (Å²) < 4.78 is 10.6. The largest absolute Gasteiger partial charge is 0.504 e. The molecule has 5 nitrogen and oxygen atoms in total. The standard InChI is InChI=1S/C18H17NO4/c1-2-22-17-9-13-8-15(19-14(13)10-16(17)20)18(21)23-11-12-6-4-3-5-7-12/h3-10,19-20H,2,11H2,1H3. The first-order chi connectivity index (χ1) is 11.2. The minimum Gasteiger partial charge on any atom is -0.504 e. The van der Waals surface area contributed by atoms with E-state index in [1.54, 1.807) is 12.1 Å². The second-order valence-electron chi connectivity index (χ2n) is 5.08. The van der Waals surface area contributed by atoms with Gasteiger partial charge in [0.25, 0.3) is 0 Å². The molecule has 0 aliphatic carbocycles. The van der Waals surface area contributed by atoms with Crippen LogP contribution in [-0.2, 0) is 11.3 Å². The second-order valence-corrected chi connectivity index (χ2v) is 5.08. The number of aromatic amines is 1. The van der Waals surface area contributed by atoms with Crippen LogP contribution in [0.5, 0.6) is 11.5 Å². The first-order valence-corrected chi connectivity index (χ1v) is 7.37. The predicted octanol–water partition coefficient (Wildman–Crippen LogP) is 3.63. The molecule has 0 radical (unpaired) electrons. The van der Waals surface area contributed by atoms with Crippen LogP contribution in [0.2, 0.25) is 0 Å². The van der Waals surface area contributed by atoms with Gasteiger partial charge >= 0.3 is 5.97 Å². The number of carbonyl (C=O) groups is 1. The number of hydrogen-bond donors (Lipinski definition) is 2. The van der Waals surface area contributed by atoms with Gasteiger partial charge < -0.3 is 19.6 Å². The molecule has 3 rings (SSSR count). The summed E-state index contributed by atoms with van der Waals surface area (Å²) in [4.78, 5) is 15.1. The highest BCUT2D eigenvalue weighted by atomic mass is 16.5. The molecule has 1 aromatic heterocycles. The molecule has 0 fully saturated rings. The molecule has 118 valence electrons. The molecule has 2 aromatic carbocycles. The van der Waals surface area contributed by atoms with E-state index in [9.17, 15) is 9.90 Å². The highest BCUT2D eigenvalue weighted by Crippen LogP contribution is 2.31. The minimum atomic E-state index is -0.442. The number of esters is 1. The second kappa shape index (κ2) is 6.44. The average molecular weight is 311 g/mol. The molecule has 0 aliphatic heterocycles. The van der Waals surface area contributed by atoms with Crippen molar-refractivity contribution in [3.05, 3.63) is 59.8 Å². The first kappa shape index (κ1) is 15.0. The van der Waals surface area contributed by atoms with Crippen LogP contribution in [-0.4, -0.2) is 22.7 Å². The van der Waals surface area contributed by atoms with E-state index in [0.717, 1.165) is 10.9 Å². The third-order valence-corrected chi connectivity index (χ3v) is 3.43. The number of rotatable bonds is 5. The van der Waals surface area contributed by atoms with Crippen LogP contribution in [0.1, 0.15) is 23.0 Å². The van der Waals surface area contributed by atoms with Crippen LogP contribution in [0.15, 0.2) is 48.5 Å². The fraction of sp³-hybridized carbons (Fsp3) is 0.167. The van der Waals surface area contributed by atoms with E-state index in [0.29, 0.717) is 23.6 Å². The quantitative estimate of drug-likeness (QED) is 0.706. The Bertz CT molecular complexity index is 824. The Kier molecular flexibility index (Phi) is 4.19. The molecule has 0 spiro atoms. The van der Waals surface area contributed by atoms with Gasteiger partial charge in [0, 0.05) is 11.5 Å². The Morgan fingerprint density at radius 1 is 1.17 bits per heavy atom. The van der Waals surface area contributed by atoms with Gasteiger partial charge in [0.1, 0.15) is 12.3 Å². The molecule has 0 saturated heterocycles. The van der Waals surface area contributed by atoms with Gasteiger partial charge in [0.05, 0.1) is 12.1 Å². The number of H-pyrrole nitrogens is 1. The smallest absolute Gasteiger partial charge is 0.355 e. The number of fused-ring (bicyclic) bond motifs is 1. The maximum absolute atomic E-state index is 12.1. The zero-order valence-electron chi connectivity index (χ0n) is 12.7. The third-order valence-electron chi connectivity index (χ3n) is 3.43. The van der Waals surface area contributed by atoms with Crippen LogP contribution < -0.4 is 4.74 Å². The number of phenolic OH excluding ortho intramolecular Hbond substituents is 1. The molecule has 0 aliphatic rings. The Morgan fingerprint density at radius 3 is 2.70 bits per heavy atom. The number of benzene rings is 2. The summed E-state index contributed by atoms with van der Waals surface area (Å²) in [6.45, 7) is 2.51. The lowest BCUT2D eigenvalue weighted by Crippen LogP contribution is -2.05. The zero-order chi connectivity index (χ0) is 16.2. The van der Waals surface area contributed by atoms with E-state index in [-0.39, 0.29) is 12.4 Å². The van der Waals surface area contributed by atoms with E-state index in [4.69, 9.17) is 9.47 Å². The summed E-state index contributed by atoms with van der Waals surface area (Å²) in [5.74, 6) is -0.0175. The van der Waals surface area contributed by atoms with Gasteiger partial charge in [-0.25, -0.2) is 4.79 Å². The van der Waals surface area contributed by atoms with Gasteiger partial charge in [-0.3, -0.25) is 0 Å². The number of aromatic hydroxyl groups is 1. The van der Waals surface area contributed by atoms with E-state index in [1.165, 1.54) is 6.07 Å². The van der Waals surface area contributed by atoms with Crippen molar-refractivity contribution in [1.29, 1.82) is 0 Å². The van der Waals surface area contributed by atoms with Crippen LogP contribution in [0.4, 0.5) is 0 Å². The lowest BCUT2D eigenvalue weighted by Gasteiger charge is -2.05. The predicted molar refractivity (Wildman–Crippen MR) is 86.7 cm³/mol. The topological polar surface area (TPSA) is 71.5 Å². The van der Waals surface area contributed by atoms with E-state index in [2.05, 4.69) is 4.98 Å². The molecular weight excluding hydrogens is 294 g/mol. The summed E-state index contributed by atoms with van der Waals surface area (Å²) in [5, 5.41) is 10.7. The van der Waals surface area contributed by atoms with Crippen LogP contribution in [0, 0.1) is 0 Å². The van der Waals surface area contributed by atoms with E-state index in [1.807, 2.05) is 37.3 Å². The summed E-state index contributed by atoms with van der Waals surface area (Å²) in [6.07, 6.45) is 0. The maximum atomic E-state index is 12.1. The highest BCUT2D eigenvalue weighted by molar-refractivity contribution is 5.95. The number of hydrogen-bond acceptors (Lipinski definition) is 4.